The molecule has 9 aromatic carbocycles. The largest absolute Gasteiger partial charge is 0.309 e. The maximum absolute atomic E-state index is 2.43. The summed E-state index contributed by atoms with van der Waals surface area (Å²) in [4.78, 5) is 0. The molecule has 10 rings (SSSR count). The van der Waals surface area contributed by atoms with Crippen molar-refractivity contribution in [3.05, 3.63) is 176 Å². The Morgan fingerprint density at radius 2 is 0.702 bits per heavy atom. The summed E-state index contributed by atoms with van der Waals surface area (Å²) in [5.41, 5.74) is 8.50. The molecule has 0 aliphatic carbocycles. The quantitative estimate of drug-likeness (QED) is 0.179. The molecular weight excluding hydrogens is 567 g/mol. The maximum atomic E-state index is 2.43. The molecule has 0 aliphatic rings. The first kappa shape index (κ1) is 26.1. The number of benzene rings is 9. The fraction of sp³-hybridized carbons (Fsp3) is 0. The van der Waals surface area contributed by atoms with Crippen LogP contribution in [-0.2, 0) is 0 Å². The Morgan fingerprint density at radius 3 is 1.38 bits per heavy atom. The maximum Gasteiger partial charge on any atom is 0.0547 e. The lowest BCUT2D eigenvalue weighted by Gasteiger charge is -2.12. The molecule has 0 aliphatic heterocycles. The van der Waals surface area contributed by atoms with E-state index in [0.717, 1.165) is 0 Å². The summed E-state index contributed by atoms with van der Waals surface area (Å²) in [5, 5.41) is 12.8. The summed E-state index contributed by atoms with van der Waals surface area (Å²) >= 11 is 0. The van der Waals surface area contributed by atoms with Crippen LogP contribution in [0.1, 0.15) is 0 Å². The molecule has 0 saturated heterocycles. The summed E-state index contributed by atoms with van der Waals surface area (Å²) < 4.78 is 2.43. The van der Waals surface area contributed by atoms with Gasteiger partial charge in [0.1, 0.15) is 0 Å². The zero-order chi connectivity index (χ0) is 30.9. The number of aromatic nitrogens is 1. The smallest absolute Gasteiger partial charge is 0.0547 e. The van der Waals surface area contributed by atoms with Gasteiger partial charge in [-0.25, -0.2) is 0 Å². The molecule has 0 unspecified atom stereocenters. The summed E-state index contributed by atoms with van der Waals surface area (Å²) in [6, 6.07) is 64.6. The van der Waals surface area contributed by atoms with E-state index in [9.17, 15) is 0 Å². The molecule has 1 nitrogen and oxygen atoms in total. The van der Waals surface area contributed by atoms with Crippen molar-refractivity contribution < 1.29 is 0 Å². The minimum Gasteiger partial charge on any atom is -0.309 e. The predicted molar refractivity (Wildman–Crippen MR) is 202 cm³/mol. The van der Waals surface area contributed by atoms with E-state index in [1.54, 1.807) is 0 Å². The van der Waals surface area contributed by atoms with Crippen molar-refractivity contribution in [1.29, 1.82) is 0 Å². The molecular formula is C46H29N. The van der Waals surface area contributed by atoms with E-state index in [4.69, 9.17) is 0 Å². The normalized spacial score (nSPS) is 11.8. The number of rotatable bonds is 3. The van der Waals surface area contributed by atoms with Crippen LogP contribution in [0.25, 0.3) is 92.8 Å². The fourth-order valence-electron chi connectivity index (χ4n) is 7.62. The number of hydrogen-bond acceptors (Lipinski definition) is 0. The van der Waals surface area contributed by atoms with Crippen molar-refractivity contribution in [1.82, 2.24) is 4.57 Å². The fourth-order valence-corrected chi connectivity index (χ4v) is 7.62. The monoisotopic (exact) mass is 595 g/mol. The van der Waals surface area contributed by atoms with Crippen LogP contribution in [0.15, 0.2) is 176 Å². The van der Waals surface area contributed by atoms with Crippen LogP contribution in [0.5, 0.6) is 0 Å². The van der Waals surface area contributed by atoms with Crippen molar-refractivity contribution in [3.8, 4) is 27.9 Å². The van der Waals surface area contributed by atoms with Crippen LogP contribution in [-0.4, -0.2) is 4.57 Å². The van der Waals surface area contributed by atoms with Gasteiger partial charge in [-0.05, 0) is 95.7 Å². The van der Waals surface area contributed by atoms with Gasteiger partial charge in [-0.1, -0.05) is 146 Å². The molecule has 0 saturated carbocycles. The van der Waals surface area contributed by atoms with Crippen LogP contribution in [0.3, 0.4) is 0 Å². The molecule has 0 spiro atoms. The third-order valence-corrected chi connectivity index (χ3v) is 9.96. The Hall–Kier alpha value is -6.18. The molecule has 1 heterocycles. The summed E-state index contributed by atoms with van der Waals surface area (Å²) in [6.45, 7) is 0. The summed E-state index contributed by atoms with van der Waals surface area (Å²) in [5.74, 6) is 0. The first-order chi connectivity index (χ1) is 23.3. The standard InChI is InChI=1S/C46H29N/c1-3-9-39-32(7-1)17-19-36-27-34(21-24-41(36)39)30-13-15-31(16-14-30)35-22-25-44-43-11-5-6-12-45(43)47(46(44)29-35)38-23-26-42-37(28-38)20-18-33-8-2-4-10-40(33)42/h1-29H. The van der Waals surface area contributed by atoms with E-state index in [0.29, 0.717) is 0 Å². The molecule has 47 heavy (non-hydrogen) atoms. The molecule has 0 atom stereocenters. The molecule has 0 amide bonds. The Labute approximate surface area is 272 Å². The molecule has 0 radical (unpaired) electrons. The van der Waals surface area contributed by atoms with E-state index in [1.165, 1.54) is 92.8 Å². The van der Waals surface area contributed by atoms with Gasteiger partial charge in [0.2, 0.25) is 0 Å². The lowest BCUT2D eigenvalue weighted by Crippen LogP contribution is -1.94. The number of hydrogen-bond donors (Lipinski definition) is 0. The number of para-hydroxylation sites is 1. The minimum absolute atomic E-state index is 1.18. The van der Waals surface area contributed by atoms with Gasteiger partial charge in [-0.15, -0.1) is 0 Å². The van der Waals surface area contributed by atoms with Crippen molar-refractivity contribution in [3.63, 3.8) is 0 Å². The van der Waals surface area contributed by atoms with Gasteiger partial charge in [-0.3, -0.25) is 0 Å². The topological polar surface area (TPSA) is 4.93 Å². The van der Waals surface area contributed by atoms with E-state index in [2.05, 4.69) is 180 Å². The van der Waals surface area contributed by atoms with Gasteiger partial charge in [0.05, 0.1) is 11.0 Å². The lowest BCUT2D eigenvalue weighted by atomic mass is 9.96. The van der Waals surface area contributed by atoms with Gasteiger partial charge in [0, 0.05) is 16.5 Å². The van der Waals surface area contributed by atoms with Gasteiger partial charge in [-0.2, -0.15) is 0 Å². The van der Waals surface area contributed by atoms with Crippen LogP contribution in [0, 0.1) is 0 Å². The Bertz CT molecular complexity index is 2830. The highest BCUT2D eigenvalue weighted by molar-refractivity contribution is 6.12. The molecule has 0 fully saturated rings. The lowest BCUT2D eigenvalue weighted by molar-refractivity contribution is 1.19. The predicted octanol–water partition coefficient (Wildman–Crippen LogP) is 12.7. The van der Waals surface area contributed by atoms with E-state index in [-0.39, 0.29) is 0 Å². The molecule has 1 aromatic heterocycles. The van der Waals surface area contributed by atoms with Crippen molar-refractivity contribution >= 4 is 64.9 Å². The molecule has 0 bridgehead atoms. The van der Waals surface area contributed by atoms with E-state index >= 15 is 0 Å². The second-order valence-electron chi connectivity index (χ2n) is 12.6. The van der Waals surface area contributed by atoms with Gasteiger partial charge < -0.3 is 4.57 Å². The third kappa shape index (κ3) is 4.10. The Kier molecular flexibility index (Phi) is 5.64. The Morgan fingerprint density at radius 1 is 0.255 bits per heavy atom. The second kappa shape index (κ2) is 10.2. The highest BCUT2D eigenvalue weighted by Crippen LogP contribution is 2.37. The van der Waals surface area contributed by atoms with Crippen molar-refractivity contribution in [2.24, 2.45) is 0 Å². The minimum atomic E-state index is 1.18. The van der Waals surface area contributed by atoms with Crippen LogP contribution in [0.4, 0.5) is 0 Å². The molecule has 10 aromatic rings. The van der Waals surface area contributed by atoms with Crippen LogP contribution < -0.4 is 0 Å². The summed E-state index contributed by atoms with van der Waals surface area (Å²) in [7, 11) is 0. The zero-order valence-corrected chi connectivity index (χ0v) is 25.7. The zero-order valence-electron chi connectivity index (χ0n) is 25.7. The highest BCUT2D eigenvalue weighted by Gasteiger charge is 2.14. The van der Waals surface area contributed by atoms with E-state index in [1.807, 2.05) is 0 Å². The number of fused-ring (bicyclic) bond motifs is 9. The SMILES string of the molecule is c1ccc2c(c1)ccc1cc(-c3ccc(-c4ccc5c6ccccc6n(-c6ccc7c(ccc8ccccc87)c6)c5c4)cc3)ccc12. The Balaban J connectivity index is 1.07. The highest BCUT2D eigenvalue weighted by atomic mass is 15.0. The first-order valence-corrected chi connectivity index (χ1v) is 16.3. The van der Waals surface area contributed by atoms with Crippen molar-refractivity contribution in [2.45, 2.75) is 0 Å². The molecule has 1 heteroatoms. The van der Waals surface area contributed by atoms with E-state index < -0.39 is 0 Å². The van der Waals surface area contributed by atoms with Gasteiger partial charge >= 0.3 is 0 Å². The third-order valence-electron chi connectivity index (χ3n) is 9.96. The number of nitrogens with zero attached hydrogens (tertiary/aromatic N) is 1. The average molecular weight is 596 g/mol. The second-order valence-corrected chi connectivity index (χ2v) is 12.6. The van der Waals surface area contributed by atoms with Crippen LogP contribution >= 0.6 is 0 Å². The molecule has 218 valence electrons. The van der Waals surface area contributed by atoms with Gasteiger partial charge in [0.25, 0.3) is 0 Å². The first-order valence-electron chi connectivity index (χ1n) is 16.3. The molecule has 0 N–H and O–H groups in total. The average Bonchev–Trinajstić information content (AvgIpc) is 3.48. The van der Waals surface area contributed by atoms with Crippen molar-refractivity contribution in [2.75, 3.05) is 0 Å². The summed E-state index contributed by atoms with van der Waals surface area (Å²) in [6.07, 6.45) is 0. The van der Waals surface area contributed by atoms with Gasteiger partial charge in [0.15, 0.2) is 0 Å². The van der Waals surface area contributed by atoms with Crippen LogP contribution in [0.2, 0.25) is 0 Å².